The van der Waals surface area contributed by atoms with Gasteiger partial charge in [-0.05, 0) is 12.8 Å². The molecule has 294 valence electrons. The van der Waals surface area contributed by atoms with E-state index >= 15 is 0 Å². The van der Waals surface area contributed by atoms with Crippen LogP contribution in [0, 0.1) is 0 Å². The lowest BCUT2D eigenvalue weighted by molar-refractivity contribution is -0.154. The largest absolute Gasteiger partial charge is 0.472 e. The summed E-state index contributed by atoms with van der Waals surface area (Å²) in [6, 6.07) is 0. The zero-order chi connectivity index (χ0) is 36.1. The Hall–Kier alpha value is -0.540. The summed E-state index contributed by atoms with van der Waals surface area (Å²) in [5, 5.41) is 18.3. The normalized spacial score (nSPS) is 14.1. The molecule has 0 saturated carbocycles. The molecular weight excluding hydrogens is 643 g/mol. The van der Waals surface area contributed by atoms with Crippen molar-refractivity contribution in [3.63, 3.8) is 0 Å². The van der Waals surface area contributed by atoms with Gasteiger partial charge in [0.1, 0.15) is 12.2 Å². The van der Waals surface area contributed by atoms with Gasteiger partial charge in [0.25, 0.3) is 0 Å². The Morgan fingerprint density at radius 1 is 0.551 bits per heavy atom. The minimum Gasteiger partial charge on any atom is -0.457 e. The van der Waals surface area contributed by atoms with E-state index in [9.17, 15) is 19.4 Å². The van der Waals surface area contributed by atoms with E-state index in [0.29, 0.717) is 6.61 Å². The van der Waals surface area contributed by atoms with Crippen LogP contribution in [-0.2, 0) is 27.9 Å². The van der Waals surface area contributed by atoms with Crippen LogP contribution >= 0.6 is 7.82 Å². The van der Waals surface area contributed by atoms with Gasteiger partial charge in [-0.2, -0.15) is 0 Å². The molecule has 0 spiro atoms. The molecule has 9 nitrogen and oxygen atoms in total. The third kappa shape index (κ3) is 37.0. The van der Waals surface area contributed by atoms with Gasteiger partial charge in [-0.25, -0.2) is 4.57 Å². The van der Waals surface area contributed by atoms with Crippen LogP contribution in [0.4, 0.5) is 0 Å². The molecule has 0 aliphatic heterocycles. The number of phosphoric ester groups is 1. The molecule has 0 aliphatic rings. The van der Waals surface area contributed by atoms with Gasteiger partial charge in [0.05, 0.1) is 26.4 Å². The molecule has 0 radical (unpaired) electrons. The first kappa shape index (κ1) is 48.5. The van der Waals surface area contributed by atoms with Crippen molar-refractivity contribution in [2.24, 2.45) is 0 Å². The first-order chi connectivity index (χ1) is 23.8. The van der Waals surface area contributed by atoms with Crippen LogP contribution in [0.5, 0.6) is 0 Å². The molecule has 1 unspecified atom stereocenters. The van der Waals surface area contributed by atoms with Crippen LogP contribution in [0.3, 0.4) is 0 Å². The van der Waals surface area contributed by atoms with Crippen LogP contribution in [0.2, 0.25) is 0 Å². The van der Waals surface area contributed by atoms with Crippen LogP contribution in [0.15, 0.2) is 0 Å². The van der Waals surface area contributed by atoms with Crippen molar-refractivity contribution in [2.75, 3.05) is 33.0 Å². The van der Waals surface area contributed by atoms with E-state index in [1.54, 1.807) is 0 Å². The Labute approximate surface area is 301 Å². The van der Waals surface area contributed by atoms with E-state index in [1.165, 1.54) is 148 Å². The predicted octanol–water partition coefficient (Wildman–Crippen LogP) is 10.8. The third-order valence-corrected chi connectivity index (χ3v) is 9.99. The van der Waals surface area contributed by atoms with E-state index in [-0.39, 0.29) is 25.6 Å². The first-order valence-corrected chi connectivity index (χ1v) is 22.0. The maximum atomic E-state index is 12.6. The highest BCUT2D eigenvalue weighted by Crippen LogP contribution is 2.43. The minimum absolute atomic E-state index is 0.0577. The van der Waals surface area contributed by atoms with Crippen molar-refractivity contribution >= 4 is 13.8 Å². The van der Waals surface area contributed by atoms with Crippen LogP contribution in [0.1, 0.15) is 200 Å². The maximum Gasteiger partial charge on any atom is 0.472 e. The molecule has 3 atom stereocenters. The third-order valence-electron chi connectivity index (χ3n) is 9.04. The van der Waals surface area contributed by atoms with E-state index in [1.807, 2.05) is 0 Å². The van der Waals surface area contributed by atoms with Crippen molar-refractivity contribution in [1.29, 1.82) is 0 Å². The number of hydrogen-bond donors (Lipinski definition) is 3. The van der Waals surface area contributed by atoms with Gasteiger partial charge in [-0.3, -0.25) is 13.8 Å². The monoisotopic (exact) mass is 723 g/mol. The molecule has 0 aromatic rings. The molecule has 0 amide bonds. The van der Waals surface area contributed by atoms with Crippen LogP contribution in [0.25, 0.3) is 0 Å². The quantitative estimate of drug-likeness (QED) is 0.0321. The maximum absolute atomic E-state index is 12.6. The SMILES string of the molecule is CCCCCCCCCCCCCCCCOC[C@H](COP(=O)(O)OC[C@@H](O)CO)OC(=O)CCCCCCCCCCCCCCCC. The Bertz CT molecular complexity index is 739. The summed E-state index contributed by atoms with van der Waals surface area (Å²) in [6.45, 7) is 3.56. The molecule has 0 aromatic heterocycles. The van der Waals surface area contributed by atoms with Crippen molar-refractivity contribution in [2.45, 2.75) is 212 Å². The van der Waals surface area contributed by atoms with Gasteiger partial charge in [0.15, 0.2) is 0 Å². The van der Waals surface area contributed by atoms with Crippen molar-refractivity contribution < 1.29 is 43.0 Å². The molecule has 3 N–H and O–H groups in total. The van der Waals surface area contributed by atoms with Gasteiger partial charge >= 0.3 is 13.8 Å². The molecule has 0 aromatic carbocycles. The van der Waals surface area contributed by atoms with Crippen molar-refractivity contribution in [3.05, 3.63) is 0 Å². The molecule has 0 bridgehead atoms. The molecule has 0 saturated heterocycles. The van der Waals surface area contributed by atoms with E-state index in [4.69, 9.17) is 23.6 Å². The molecular formula is C39H79O9P. The van der Waals surface area contributed by atoms with Crippen LogP contribution < -0.4 is 0 Å². The summed E-state index contributed by atoms with van der Waals surface area (Å²) in [5.74, 6) is -0.378. The Morgan fingerprint density at radius 2 is 0.918 bits per heavy atom. The minimum atomic E-state index is -4.50. The number of phosphoric acid groups is 1. The van der Waals surface area contributed by atoms with Gasteiger partial charge in [-0.15, -0.1) is 0 Å². The Balaban J connectivity index is 4.16. The lowest BCUT2D eigenvalue weighted by atomic mass is 10.0. The molecule has 0 fully saturated rings. The number of carbonyl (C=O) groups is 1. The Morgan fingerprint density at radius 3 is 1.33 bits per heavy atom. The van der Waals surface area contributed by atoms with Gasteiger partial charge in [0, 0.05) is 13.0 Å². The molecule has 49 heavy (non-hydrogen) atoms. The summed E-state index contributed by atoms with van der Waals surface area (Å²) in [4.78, 5) is 22.5. The summed E-state index contributed by atoms with van der Waals surface area (Å²) in [5.41, 5.74) is 0. The smallest absolute Gasteiger partial charge is 0.457 e. The van der Waals surface area contributed by atoms with Crippen LogP contribution in [-0.4, -0.2) is 66.3 Å². The molecule has 0 aliphatic carbocycles. The van der Waals surface area contributed by atoms with Gasteiger partial charge < -0.3 is 24.6 Å². The fourth-order valence-electron chi connectivity index (χ4n) is 5.89. The predicted molar refractivity (Wildman–Crippen MR) is 201 cm³/mol. The van der Waals surface area contributed by atoms with Crippen molar-refractivity contribution in [1.82, 2.24) is 0 Å². The lowest BCUT2D eigenvalue weighted by Gasteiger charge is -2.20. The number of unbranched alkanes of at least 4 members (excludes halogenated alkanes) is 26. The zero-order valence-electron chi connectivity index (χ0n) is 31.9. The Kier molecular flexibility index (Phi) is 36.8. The standard InChI is InChI=1S/C39H79O9P/c1-3-5-7-9-11-13-15-17-19-21-23-25-27-29-31-39(42)48-38(36-47-49(43,44)46-34-37(41)33-40)35-45-32-30-28-26-24-22-20-18-16-14-12-10-8-6-4-2/h37-38,40-41H,3-36H2,1-2H3,(H,43,44)/t37-,38+/m0/s1. The first-order valence-electron chi connectivity index (χ1n) is 20.5. The second-order valence-corrected chi connectivity index (χ2v) is 15.5. The fraction of sp³-hybridized carbons (Fsp3) is 0.974. The highest BCUT2D eigenvalue weighted by Gasteiger charge is 2.26. The van der Waals surface area contributed by atoms with Gasteiger partial charge in [0.2, 0.25) is 0 Å². The van der Waals surface area contributed by atoms with E-state index < -0.39 is 33.2 Å². The average Bonchev–Trinajstić information content (AvgIpc) is 3.09. The lowest BCUT2D eigenvalue weighted by Crippen LogP contribution is -2.29. The number of esters is 1. The fourth-order valence-corrected chi connectivity index (χ4v) is 6.68. The second kappa shape index (κ2) is 37.2. The van der Waals surface area contributed by atoms with E-state index in [0.717, 1.165) is 32.1 Å². The molecule has 0 heterocycles. The topological polar surface area (TPSA) is 132 Å². The number of aliphatic hydroxyl groups is 2. The number of ether oxygens (including phenoxy) is 2. The summed E-state index contributed by atoms with van der Waals surface area (Å²) >= 11 is 0. The van der Waals surface area contributed by atoms with E-state index in [2.05, 4.69) is 13.8 Å². The number of carbonyl (C=O) groups excluding carboxylic acids is 1. The number of hydrogen-bond acceptors (Lipinski definition) is 8. The van der Waals surface area contributed by atoms with Crippen molar-refractivity contribution in [3.8, 4) is 0 Å². The summed E-state index contributed by atoms with van der Waals surface area (Å²) in [7, 11) is -4.50. The summed E-state index contributed by atoms with van der Waals surface area (Å²) in [6.07, 6.45) is 33.4. The highest BCUT2D eigenvalue weighted by atomic mass is 31.2. The summed E-state index contributed by atoms with van der Waals surface area (Å²) < 4.78 is 33.3. The average molecular weight is 723 g/mol. The number of aliphatic hydroxyl groups excluding tert-OH is 2. The molecule has 0 rings (SSSR count). The second-order valence-electron chi connectivity index (χ2n) is 14.0. The van der Waals surface area contributed by atoms with Gasteiger partial charge in [-0.1, -0.05) is 181 Å². The zero-order valence-corrected chi connectivity index (χ0v) is 32.8. The number of rotatable bonds is 40. The highest BCUT2D eigenvalue weighted by molar-refractivity contribution is 7.47. The molecule has 10 heteroatoms.